The highest BCUT2D eigenvalue weighted by atomic mass is 19.1. The number of nitrogens with two attached hydrogens (primary N) is 2. The van der Waals surface area contributed by atoms with E-state index >= 15 is 0 Å². The van der Waals surface area contributed by atoms with Crippen molar-refractivity contribution in [2.45, 2.75) is 31.7 Å². The molecule has 0 spiro atoms. The van der Waals surface area contributed by atoms with Crippen LogP contribution < -0.4 is 16.5 Å². The summed E-state index contributed by atoms with van der Waals surface area (Å²) in [5.74, 6) is -4.56. The van der Waals surface area contributed by atoms with E-state index in [1.807, 2.05) is 0 Å². The summed E-state index contributed by atoms with van der Waals surface area (Å²) in [5, 5.41) is 17.9. The first kappa shape index (κ1) is 19.6. The molecule has 2 heterocycles. The van der Waals surface area contributed by atoms with E-state index in [9.17, 15) is 18.0 Å². The van der Waals surface area contributed by atoms with Crippen LogP contribution in [-0.4, -0.2) is 32.8 Å². The molecule has 2 aromatic rings. The summed E-state index contributed by atoms with van der Waals surface area (Å²) in [4.78, 5) is 18.7. The second-order valence-electron chi connectivity index (χ2n) is 6.69. The van der Waals surface area contributed by atoms with Crippen LogP contribution in [-0.2, 0) is 4.79 Å². The molecule has 1 fully saturated rings. The van der Waals surface area contributed by atoms with E-state index < -0.39 is 35.0 Å². The fourth-order valence-electron chi connectivity index (χ4n) is 3.29. The monoisotopic (exact) mass is 394 g/mol. The van der Waals surface area contributed by atoms with Gasteiger partial charge in [-0.05, 0) is 25.3 Å². The van der Waals surface area contributed by atoms with Gasteiger partial charge < -0.3 is 16.2 Å². The number of rotatable bonds is 5. The summed E-state index contributed by atoms with van der Waals surface area (Å²) in [6, 6.07) is 1.25. The normalized spacial score (nSPS) is 19.2. The van der Waals surface area contributed by atoms with Crippen molar-refractivity contribution in [3.05, 3.63) is 47.0 Å². The van der Waals surface area contributed by atoms with Crippen LogP contribution in [0.15, 0.2) is 18.3 Å². The number of hydrogen-bond acceptors (Lipinski definition) is 5. The maximum atomic E-state index is 14.3. The minimum Gasteiger partial charge on any atom is -0.481 e. The van der Waals surface area contributed by atoms with Gasteiger partial charge in [-0.2, -0.15) is 0 Å². The van der Waals surface area contributed by atoms with Gasteiger partial charge in [-0.3, -0.25) is 10.2 Å². The second kappa shape index (κ2) is 7.83. The molecule has 7 nitrogen and oxygen atoms in total. The van der Waals surface area contributed by atoms with Gasteiger partial charge in [0.15, 0.2) is 23.1 Å². The lowest BCUT2D eigenvalue weighted by Gasteiger charge is -2.27. The highest BCUT2D eigenvalue weighted by Gasteiger charge is 2.29. The summed E-state index contributed by atoms with van der Waals surface area (Å²) >= 11 is 0. The number of carbonyl (C=O) groups is 1. The predicted molar refractivity (Wildman–Crippen MR) is 94.9 cm³/mol. The Balaban J connectivity index is 1.89. The van der Waals surface area contributed by atoms with E-state index in [1.54, 1.807) is 0 Å². The number of halogens is 3. The summed E-state index contributed by atoms with van der Waals surface area (Å²) < 4.78 is 42.0. The zero-order valence-corrected chi connectivity index (χ0v) is 14.8. The number of anilines is 2. The van der Waals surface area contributed by atoms with Crippen LogP contribution in [0, 0.1) is 23.4 Å². The maximum Gasteiger partial charge on any atom is 0.306 e. The number of nitrogens with one attached hydrogen (secondary N) is 1. The molecule has 0 aliphatic heterocycles. The number of aromatic nitrogens is 2. The Morgan fingerprint density at radius 1 is 1.25 bits per heavy atom. The zero-order valence-electron chi connectivity index (χ0n) is 14.8. The Labute approximate surface area is 158 Å². The third-order valence-electron chi connectivity index (χ3n) is 4.72. The fraction of sp³-hybridized carbons (Fsp3) is 0.333. The first-order chi connectivity index (χ1) is 13.3. The van der Waals surface area contributed by atoms with E-state index in [0.29, 0.717) is 31.7 Å². The van der Waals surface area contributed by atoms with Crippen LogP contribution >= 0.6 is 0 Å². The molecule has 1 unspecified atom stereocenters. The number of hydrogen-bond donors (Lipinski definition) is 4. The molecule has 28 heavy (non-hydrogen) atoms. The summed E-state index contributed by atoms with van der Waals surface area (Å²) in [6.07, 6.45) is 3.00. The lowest BCUT2D eigenvalue weighted by molar-refractivity contribution is -0.142. The molecule has 2 atom stereocenters. The number of aliphatic carboxylic acids is 1. The van der Waals surface area contributed by atoms with E-state index in [4.69, 9.17) is 16.2 Å². The molecule has 6 N–H and O–H groups in total. The van der Waals surface area contributed by atoms with Crippen molar-refractivity contribution in [1.82, 2.24) is 9.97 Å². The molecule has 0 radical (unpaired) electrons. The Morgan fingerprint density at radius 2 is 2.00 bits per heavy atom. The molecule has 0 saturated heterocycles. The highest BCUT2D eigenvalue weighted by Crippen LogP contribution is 2.28. The van der Waals surface area contributed by atoms with Crippen molar-refractivity contribution in [2.75, 3.05) is 11.1 Å². The van der Waals surface area contributed by atoms with E-state index in [-0.39, 0.29) is 29.0 Å². The topological polar surface area (TPSA) is 127 Å². The number of pyridine rings is 2. The average molecular weight is 394 g/mol. The zero-order chi connectivity index (χ0) is 20.4. The number of nitrogen functional groups attached to an aromatic ring is 1. The fourth-order valence-corrected chi connectivity index (χ4v) is 3.29. The number of carboxylic acids is 1. The largest absolute Gasteiger partial charge is 0.481 e. The Hall–Kier alpha value is -3.17. The lowest BCUT2D eigenvalue weighted by atomic mass is 9.86. The van der Waals surface area contributed by atoms with E-state index in [0.717, 1.165) is 12.3 Å². The first-order valence-corrected chi connectivity index (χ1v) is 8.65. The molecule has 2 aromatic heterocycles. The van der Waals surface area contributed by atoms with Gasteiger partial charge in [-0.1, -0.05) is 6.42 Å². The standard InChI is InChI=1S/C18H18F3N5O2/c19-9-5-11(16(23)24-7-9)14(22)15-12(20)6-13(21)17(26-15)25-10-3-1-2-8(4-10)18(27)28/h5-8,10,22H,1-4H2,(H2,23,24)(H,25,26)(H,27,28)/p+1/t8-,10?/m1/s1. The van der Waals surface area contributed by atoms with Crippen molar-refractivity contribution in [3.8, 4) is 0 Å². The predicted octanol–water partition coefficient (Wildman–Crippen LogP) is 1.13. The SMILES string of the molecule is Nc1ncc(F)cc1C(=[NH2+])c1nc(NC2CCC[C@@H](C(=O)O)C2)c(F)cc1F. The van der Waals surface area contributed by atoms with Gasteiger partial charge in [0, 0.05) is 12.1 Å². The molecular weight excluding hydrogens is 375 g/mol. The van der Waals surface area contributed by atoms with Gasteiger partial charge in [0.25, 0.3) is 0 Å². The molecule has 3 rings (SSSR count). The van der Waals surface area contributed by atoms with Gasteiger partial charge in [0.1, 0.15) is 11.6 Å². The Kier molecular flexibility index (Phi) is 5.48. The summed E-state index contributed by atoms with van der Waals surface area (Å²) in [5.41, 5.74) is 4.90. The molecule has 0 amide bonds. The van der Waals surface area contributed by atoms with Gasteiger partial charge in [-0.25, -0.2) is 23.1 Å². The maximum absolute atomic E-state index is 14.3. The van der Waals surface area contributed by atoms with Crippen molar-refractivity contribution in [2.24, 2.45) is 5.92 Å². The minimum absolute atomic E-state index is 0.0624. The van der Waals surface area contributed by atoms with Gasteiger partial charge in [-0.15, -0.1) is 0 Å². The molecule has 0 aromatic carbocycles. The van der Waals surface area contributed by atoms with Gasteiger partial charge >= 0.3 is 5.97 Å². The molecule has 0 bridgehead atoms. The molecule has 10 heteroatoms. The van der Waals surface area contributed by atoms with Crippen molar-refractivity contribution < 1.29 is 28.5 Å². The molecule has 1 aliphatic rings. The van der Waals surface area contributed by atoms with Crippen molar-refractivity contribution in [3.63, 3.8) is 0 Å². The smallest absolute Gasteiger partial charge is 0.306 e. The van der Waals surface area contributed by atoms with Crippen LogP contribution in [0.4, 0.5) is 24.8 Å². The van der Waals surface area contributed by atoms with Crippen LogP contribution in [0.25, 0.3) is 0 Å². The first-order valence-electron chi connectivity index (χ1n) is 8.65. The molecule has 1 aliphatic carbocycles. The van der Waals surface area contributed by atoms with Gasteiger partial charge in [0.05, 0.1) is 17.7 Å². The van der Waals surface area contributed by atoms with Crippen molar-refractivity contribution in [1.29, 1.82) is 0 Å². The molecular formula is C18H19F3N5O2+. The van der Waals surface area contributed by atoms with Crippen molar-refractivity contribution >= 4 is 23.3 Å². The summed E-state index contributed by atoms with van der Waals surface area (Å²) in [6.45, 7) is 0. The quantitative estimate of drug-likeness (QED) is 0.563. The number of carboxylic acid groups (broad SMARTS) is 1. The average Bonchev–Trinajstić information content (AvgIpc) is 2.65. The van der Waals surface area contributed by atoms with E-state index in [1.165, 1.54) is 0 Å². The third-order valence-corrected chi connectivity index (χ3v) is 4.72. The lowest BCUT2D eigenvalue weighted by Crippen LogP contribution is -2.43. The van der Waals surface area contributed by atoms with Crippen LogP contribution in [0.2, 0.25) is 0 Å². The highest BCUT2D eigenvalue weighted by molar-refractivity contribution is 6.10. The number of nitrogens with zero attached hydrogens (tertiary/aromatic N) is 2. The molecule has 148 valence electrons. The van der Waals surface area contributed by atoms with Crippen LogP contribution in [0.5, 0.6) is 0 Å². The minimum atomic E-state index is -1.05. The second-order valence-corrected chi connectivity index (χ2v) is 6.69. The van der Waals surface area contributed by atoms with Crippen LogP contribution in [0.3, 0.4) is 0 Å². The van der Waals surface area contributed by atoms with Crippen LogP contribution in [0.1, 0.15) is 36.9 Å². The third kappa shape index (κ3) is 4.05. The summed E-state index contributed by atoms with van der Waals surface area (Å²) in [7, 11) is 0. The van der Waals surface area contributed by atoms with Gasteiger partial charge in [0.2, 0.25) is 5.71 Å². The van der Waals surface area contributed by atoms with E-state index in [2.05, 4.69) is 15.3 Å². The molecule has 1 saturated carbocycles. The Morgan fingerprint density at radius 3 is 2.71 bits per heavy atom. The Bertz CT molecular complexity index is 938.